The second kappa shape index (κ2) is 6.87. The number of ether oxygens (including phenoxy) is 2. The number of likely N-dealkylation sites (tertiary alicyclic amines) is 1. The van der Waals surface area contributed by atoms with Crippen molar-refractivity contribution in [3.05, 3.63) is 0 Å². The number of piperidine rings is 1. The van der Waals surface area contributed by atoms with Crippen LogP contribution in [0.2, 0.25) is 0 Å². The number of hydrogen-bond donors (Lipinski definition) is 1. The SMILES string of the molecule is CCCOC1CCCN(C2CCC(N)(C(=O)OC)C2)C1. The predicted molar refractivity (Wildman–Crippen MR) is 77.4 cm³/mol. The van der Waals surface area contributed by atoms with Crippen LogP contribution in [0.3, 0.4) is 0 Å². The van der Waals surface area contributed by atoms with Crippen LogP contribution in [-0.4, -0.2) is 55.4 Å². The summed E-state index contributed by atoms with van der Waals surface area (Å²) in [5.41, 5.74) is 5.41. The first-order valence-electron chi connectivity index (χ1n) is 7.82. The van der Waals surface area contributed by atoms with Crippen molar-refractivity contribution in [2.24, 2.45) is 5.73 Å². The fourth-order valence-corrected chi connectivity index (χ4v) is 3.47. The van der Waals surface area contributed by atoms with Crippen molar-refractivity contribution in [3.63, 3.8) is 0 Å². The molecule has 2 aliphatic rings. The van der Waals surface area contributed by atoms with Crippen LogP contribution in [0.25, 0.3) is 0 Å². The number of hydrogen-bond acceptors (Lipinski definition) is 5. The van der Waals surface area contributed by atoms with Crippen molar-refractivity contribution in [3.8, 4) is 0 Å². The summed E-state index contributed by atoms with van der Waals surface area (Å²) in [7, 11) is 1.42. The number of rotatable bonds is 5. The Kier molecular flexibility index (Phi) is 5.41. The largest absolute Gasteiger partial charge is 0.468 e. The summed E-state index contributed by atoms with van der Waals surface area (Å²) in [4.78, 5) is 14.2. The van der Waals surface area contributed by atoms with Crippen LogP contribution in [-0.2, 0) is 14.3 Å². The van der Waals surface area contributed by atoms with E-state index in [0.29, 0.717) is 18.6 Å². The summed E-state index contributed by atoms with van der Waals surface area (Å²) in [5, 5.41) is 0. The smallest absolute Gasteiger partial charge is 0.325 e. The molecule has 0 bridgehead atoms. The van der Waals surface area contributed by atoms with E-state index in [9.17, 15) is 4.79 Å². The molecule has 1 aliphatic carbocycles. The first kappa shape index (κ1) is 15.7. The van der Waals surface area contributed by atoms with E-state index in [4.69, 9.17) is 15.2 Å². The highest BCUT2D eigenvalue weighted by Gasteiger charge is 2.45. The van der Waals surface area contributed by atoms with E-state index >= 15 is 0 Å². The van der Waals surface area contributed by atoms with Gasteiger partial charge in [0.1, 0.15) is 5.54 Å². The summed E-state index contributed by atoms with van der Waals surface area (Å²) in [5.74, 6) is -0.268. The molecular formula is C15H28N2O3. The Morgan fingerprint density at radius 1 is 1.45 bits per heavy atom. The van der Waals surface area contributed by atoms with E-state index in [1.165, 1.54) is 13.5 Å². The molecule has 0 aromatic rings. The lowest BCUT2D eigenvalue weighted by molar-refractivity contribution is -0.147. The highest BCUT2D eigenvalue weighted by atomic mass is 16.5. The maximum absolute atomic E-state index is 11.8. The summed E-state index contributed by atoms with van der Waals surface area (Å²) < 4.78 is 10.7. The van der Waals surface area contributed by atoms with E-state index in [1.54, 1.807) is 0 Å². The van der Waals surface area contributed by atoms with Crippen LogP contribution in [0, 0.1) is 0 Å². The zero-order valence-electron chi connectivity index (χ0n) is 12.8. The molecule has 5 heteroatoms. The Labute approximate surface area is 121 Å². The summed E-state index contributed by atoms with van der Waals surface area (Å²) in [6, 6.07) is 0.395. The highest BCUT2D eigenvalue weighted by molar-refractivity contribution is 5.81. The summed E-state index contributed by atoms with van der Waals surface area (Å²) >= 11 is 0. The van der Waals surface area contributed by atoms with Crippen LogP contribution >= 0.6 is 0 Å². The Balaban J connectivity index is 1.87. The van der Waals surface area contributed by atoms with Crippen LogP contribution < -0.4 is 5.73 Å². The van der Waals surface area contributed by atoms with Crippen molar-refractivity contribution >= 4 is 5.97 Å². The molecule has 0 aromatic carbocycles. The Morgan fingerprint density at radius 2 is 2.25 bits per heavy atom. The zero-order chi connectivity index (χ0) is 14.6. The molecule has 0 amide bonds. The molecule has 1 saturated heterocycles. The van der Waals surface area contributed by atoms with Crippen molar-refractivity contribution in [2.45, 2.75) is 63.1 Å². The average molecular weight is 284 g/mol. The molecule has 0 aromatic heterocycles. The van der Waals surface area contributed by atoms with Gasteiger partial charge in [0, 0.05) is 19.2 Å². The highest BCUT2D eigenvalue weighted by Crippen LogP contribution is 2.33. The Bertz CT molecular complexity index is 337. The lowest BCUT2D eigenvalue weighted by atomic mass is 9.98. The molecule has 2 N–H and O–H groups in total. The molecular weight excluding hydrogens is 256 g/mol. The van der Waals surface area contributed by atoms with Crippen molar-refractivity contribution in [2.75, 3.05) is 26.8 Å². The number of carbonyl (C=O) groups is 1. The second-order valence-electron chi connectivity index (χ2n) is 6.17. The molecule has 1 heterocycles. The third-order valence-electron chi connectivity index (χ3n) is 4.60. The normalized spacial score (nSPS) is 35.1. The van der Waals surface area contributed by atoms with Gasteiger partial charge in [0.05, 0.1) is 13.2 Å². The first-order chi connectivity index (χ1) is 9.59. The van der Waals surface area contributed by atoms with Crippen LogP contribution in [0.1, 0.15) is 45.4 Å². The van der Waals surface area contributed by atoms with Gasteiger partial charge in [-0.1, -0.05) is 6.92 Å². The molecule has 5 nitrogen and oxygen atoms in total. The van der Waals surface area contributed by atoms with E-state index in [2.05, 4.69) is 11.8 Å². The van der Waals surface area contributed by atoms with Crippen molar-refractivity contribution < 1.29 is 14.3 Å². The average Bonchev–Trinajstić information content (AvgIpc) is 2.88. The maximum Gasteiger partial charge on any atom is 0.325 e. The molecule has 20 heavy (non-hydrogen) atoms. The van der Waals surface area contributed by atoms with E-state index in [1.807, 2.05) is 0 Å². The van der Waals surface area contributed by atoms with Crippen LogP contribution in [0.4, 0.5) is 0 Å². The van der Waals surface area contributed by atoms with Crippen LogP contribution in [0.5, 0.6) is 0 Å². The van der Waals surface area contributed by atoms with Crippen LogP contribution in [0.15, 0.2) is 0 Å². The summed E-state index contributed by atoms with van der Waals surface area (Å²) in [6.07, 6.45) is 6.13. The molecule has 0 spiro atoms. The van der Waals surface area contributed by atoms with Gasteiger partial charge < -0.3 is 15.2 Å². The van der Waals surface area contributed by atoms with Gasteiger partial charge in [0.25, 0.3) is 0 Å². The van der Waals surface area contributed by atoms with Gasteiger partial charge in [0.2, 0.25) is 0 Å². The fraction of sp³-hybridized carbons (Fsp3) is 0.933. The van der Waals surface area contributed by atoms with Gasteiger partial charge >= 0.3 is 5.97 Å². The van der Waals surface area contributed by atoms with Gasteiger partial charge in [0.15, 0.2) is 0 Å². The Hall–Kier alpha value is -0.650. The third kappa shape index (κ3) is 3.51. The molecule has 1 saturated carbocycles. The number of nitrogens with two attached hydrogens (primary N) is 1. The molecule has 116 valence electrons. The molecule has 3 unspecified atom stereocenters. The monoisotopic (exact) mass is 284 g/mol. The maximum atomic E-state index is 11.8. The number of nitrogens with zero attached hydrogens (tertiary/aromatic N) is 1. The topological polar surface area (TPSA) is 64.8 Å². The minimum Gasteiger partial charge on any atom is -0.468 e. The van der Waals surface area contributed by atoms with E-state index < -0.39 is 5.54 Å². The zero-order valence-corrected chi connectivity index (χ0v) is 12.8. The number of carbonyl (C=O) groups excluding carboxylic acids is 1. The Morgan fingerprint density at radius 3 is 2.95 bits per heavy atom. The third-order valence-corrected chi connectivity index (χ3v) is 4.60. The quantitative estimate of drug-likeness (QED) is 0.771. The minimum atomic E-state index is -0.781. The van der Waals surface area contributed by atoms with E-state index in [0.717, 1.165) is 45.4 Å². The minimum absolute atomic E-state index is 0.268. The van der Waals surface area contributed by atoms with Crippen molar-refractivity contribution in [1.29, 1.82) is 0 Å². The second-order valence-corrected chi connectivity index (χ2v) is 6.17. The predicted octanol–water partition coefficient (Wildman–Crippen LogP) is 1.30. The molecule has 1 aliphatic heterocycles. The molecule has 2 rings (SSSR count). The van der Waals surface area contributed by atoms with E-state index in [-0.39, 0.29) is 5.97 Å². The standard InChI is InChI=1S/C15H28N2O3/c1-3-9-20-13-5-4-8-17(11-13)12-6-7-15(16,10-12)14(18)19-2/h12-13H,3-11,16H2,1-2H3. The van der Waals surface area contributed by atoms with Gasteiger partial charge in [-0.25, -0.2) is 0 Å². The van der Waals surface area contributed by atoms with Gasteiger partial charge in [-0.2, -0.15) is 0 Å². The summed E-state index contributed by atoms with van der Waals surface area (Å²) in [6.45, 7) is 5.04. The van der Waals surface area contributed by atoms with Crippen molar-refractivity contribution in [1.82, 2.24) is 4.90 Å². The lowest BCUT2D eigenvalue weighted by Gasteiger charge is -2.37. The van der Waals surface area contributed by atoms with Gasteiger partial charge in [-0.15, -0.1) is 0 Å². The first-order valence-corrected chi connectivity index (χ1v) is 7.82. The number of esters is 1. The molecule has 3 atom stereocenters. The lowest BCUT2D eigenvalue weighted by Crippen LogP contribution is -2.50. The fourth-order valence-electron chi connectivity index (χ4n) is 3.47. The van der Waals surface area contributed by atoms with Gasteiger partial charge in [-0.05, 0) is 45.1 Å². The van der Waals surface area contributed by atoms with Gasteiger partial charge in [-0.3, -0.25) is 9.69 Å². The molecule has 2 fully saturated rings. The number of methoxy groups -OCH3 is 1. The molecule has 0 radical (unpaired) electrons.